The highest BCUT2D eigenvalue weighted by Crippen LogP contribution is 2.39. The molecule has 0 aliphatic carbocycles. The average molecular weight is 561 g/mol. The second-order valence-electron chi connectivity index (χ2n) is 9.57. The molecule has 1 saturated heterocycles. The highest BCUT2D eigenvalue weighted by molar-refractivity contribution is 5.73. The van der Waals surface area contributed by atoms with E-state index in [0.29, 0.717) is 24.7 Å². The molecule has 3 aliphatic rings. The van der Waals surface area contributed by atoms with Gasteiger partial charge in [0, 0.05) is 11.1 Å². The van der Waals surface area contributed by atoms with Crippen molar-refractivity contribution in [2.24, 2.45) is 5.92 Å². The molecule has 0 amide bonds. The molecule has 3 heterocycles. The third kappa shape index (κ3) is 6.10. The molecular formula is C26H25F6NO6. The van der Waals surface area contributed by atoms with Crippen molar-refractivity contribution in [1.29, 1.82) is 0 Å². The molecule has 39 heavy (non-hydrogen) atoms. The SMILES string of the molecule is O=C(OC(C(F)(F)F)C(F)(F)F)C1CCN(C(c2ccc3c(c2)COCO3)c2ccc3c(c2)COCO3)CC1. The third-order valence-corrected chi connectivity index (χ3v) is 6.97. The van der Waals surface area contributed by atoms with Crippen molar-refractivity contribution < 1.29 is 54.8 Å². The zero-order valence-electron chi connectivity index (χ0n) is 20.5. The first-order valence-corrected chi connectivity index (χ1v) is 12.3. The summed E-state index contributed by atoms with van der Waals surface area (Å²) in [6.45, 7) is 1.48. The number of carbonyl (C=O) groups excluding carboxylic acids is 1. The second-order valence-corrected chi connectivity index (χ2v) is 9.57. The predicted molar refractivity (Wildman–Crippen MR) is 122 cm³/mol. The smallest absolute Gasteiger partial charge is 0.434 e. The summed E-state index contributed by atoms with van der Waals surface area (Å²) in [5, 5.41) is 0. The molecule has 212 valence electrons. The summed E-state index contributed by atoms with van der Waals surface area (Å²) in [6, 6.07) is 11.0. The molecule has 2 aromatic carbocycles. The lowest BCUT2D eigenvalue weighted by molar-refractivity contribution is -0.314. The lowest BCUT2D eigenvalue weighted by Gasteiger charge is -2.38. The quantitative estimate of drug-likeness (QED) is 0.365. The Morgan fingerprint density at radius 1 is 0.821 bits per heavy atom. The minimum Gasteiger partial charge on any atom is -0.467 e. The van der Waals surface area contributed by atoms with Gasteiger partial charge in [0.2, 0.25) is 0 Å². The number of esters is 1. The van der Waals surface area contributed by atoms with Crippen LogP contribution < -0.4 is 9.47 Å². The van der Waals surface area contributed by atoms with Crippen LogP contribution in [0.4, 0.5) is 26.3 Å². The van der Waals surface area contributed by atoms with Crippen molar-refractivity contribution >= 4 is 5.97 Å². The number of alkyl halides is 6. The van der Waals surface area contributed by atoms with Gasteiger partial charge in [-0.25, -0.2) is 0 Å². The number of fused-ring (bicyclic) bond motifs is 2. The molecule has 0 bridgehead atoms. The maximum Gasteiger partial charge on any atom is 0.434 e. The summed E-state index contributed by atoms with van der Waals surface area (Å²) in [4.78, 5) is 14.4. The van der Waals surface area contributed by atoms with Crippen LogP contribution in [0, 0.1) is 5.92 Å². The standard InChI is InChI=1S/C26H25F6NO6/c27-25(28,29)24(26(30,31)32)39-23(34)15-5-7-33(8-6-15)22(16-1-3-20-18(9-16)11-35-13-37-20)17-2-4-21-19(10-17)12-36-14-38-21/h1-4,9-10,15,22,24H,5-8,11-14H2. The molecule has 0 unspecified atom stereocenters. The van der Waals surface area contributed by atoms with Crippen LogP contribution in [0.2, 0.25) is 0 Å². The summed E-state index contributed by atoms with van der Waals surface area (Å²) in [5.74, 6) is -1.20. The van der Waals surface area contributed by atoms with Gasteiger partial charge in [-0.1, -0.05) is 12.1 Å². The molecule has 2 aromatic rings. The summed E-state index contributed by atoms with van der Waals surface area (Å²) in [6.07, 6.45) is -15.6. The lowest BCUT2D eigenvalue weighted by Crippen LogP contribution is -2.47. The van der Waals surface area contributed by atoms with Gasteiger partial charge in [0.05, 0.1) is 25.2 Å². The maximum atomic E-state index is 12.9. The summed E-state index contributed by atoms with van der Waals surface area (Å²) in [7, 11) is 0. The lowest BCUT2D eigenvalue weighted by atomic mass is 9.90. The molecular weight excluding hydrogens is 536 g/mol. The Morgan fingerprint density at radius 3 is 1.77 bits per heavy atom. The van der Waals surface area contributed by atoms with Crippen molar-refractivity contribution in [3.05, 3.63) is 58.7 Å². The largest absolute Gasteiger partial charge is 0.467 e. The number of nitrogens with zero attached hydrogens (tertiary/aromatic N) is 1. The van der Waals surface area contributed by atoms with Gasteiger partial charge < -0.3 is 23.7 Å². The van der Waals surface area contributed by atoms with Crippen LogP contribution in [-0.4, -0.2) is 56.0 Å². The first-order chi connectivity index (χ1) is 18.5. The molecule has 1 fully saturated rings. The zero-order valence-corrected chi connectivity index (χ0v) is 20.5. The van der Waals surface area contributed by atoms with Gasteiger partial charge in [0.25, 0.3) is 6.10 Å². The number of ether oxygens (including phenoxy) is 5. The second kappa shape index (κ2) is 10.9. The van der Waals surface area contributed by atoms with Gasteiger partial charge in [-0.05, 0) is 61.3 Å². The van der Waals surface area contributed by atoms with Gasteiger partial charge >= 0.3 is 18.3 Å². The van der Waals surface area contributed by atoms with Gasteiger partial charge in [-0.3, -0.25) is 9.69 Å². The molecule has 3 aliphatic heterocycles. The van der Waals surface area contributed by atoms with Gasteiger partial charge in [-0.2, -0.15) is 26.3 Å². The van der Waals surface area contributed by atoms with Crippen molar-refractivity contribution in [1.82, 2.24) is 4.90 Å². The maximum absolute atomic E-state index is 12.9. The van der Waals surface area contributed by atoms with E-state index in [9.17, 15) is 31.1 Å². The molecule has 7 nitrogen and oxygen atoms in total. The normalized spacial score (nSPS) is 18.8. The van der Waals surface area contributed by atoms with Crippen LogP contribution in [0.15, 0.2) is 36.4 Å². The van der Waals surface area contributed by atoms with E-state index in [1.807, 2.05) is 41.3 Å². The number of benzene rings is 2. The van der Waals surface area contributed by atoms with E-state index in [0.717, 1.165) is 22.3 Å². The van der Waals surface area contributed by atoms with E-state index in [2.05, 4.69) is 4.74 Å². The van der Waals surface area contributed by atoms with E-state index in [-0.39, 0.29) is 45.6 Å². The third-order valence-electron chi connectivity index (χ3n) is 6.97. The predicted octanol–water partition coefficient (Wildman–Crippen LogP) is 5.26. The van der Waals surface area contributed by atoms with E-state index in [1.165, 1.54) is 0 Å². The summed E-state index contributed by atoms with van der Waals surface area (Å²) >= 11 is 0. The molecule has 0 saturated carbocycles. The number of hydrogen-bond acceptors (Lipinski definition) is 7. The average Bonchev–Trinajstić information content (AvgIpc) is 2.91. The molecule has 5 rings (SSSR count). The van der Waals surface area contributed by atoms with Crippen LogP contribution in [-0.2, 0) is 32.2 Å². The Balaban J connectivity index is 1.37. The minimum absolute atomic E-state index is 0.0338. The first-order valence-electron chi connectivity index (χ1n) is 12.3. The van der Waals surface area contributed by atoms with Crippen molar-refractivity contribution in [3.63, 3.8) is 0 Å². The van der Waals surface area contributed by atoms with E-state index >= 15 is 0 Å². The fourth-order valence-electron chi connectivity index (χ4n) is 5.10. The molecule has 0 spiro atoms. The number of piperidine rings is 1. The van der Waals surface area contributed by atoms with Gasteiger partial charge in [-0.15, -0.1) is 0 Å². The minimum atomic E-state index is -5.75. The molecule has 0 radical (unpaired) electrons. The Kier molecular flexibility index (Phi) is 7.66. The fraction of sp³-hybridized carbons (Fsp3) is 0.500. The molecule has 13 heteroatoms. The van der Waals surface area contributed by atoms with E-state index in [1.54, 1.807) is 0 Å². The first kappa shape index (κ1) is 27.5. The number of likely N-dealkylation sites (tertiary alicyclic amines) is 1. The summed E-state index contributed by atoms with van der Waals surface area (Å²) < 4.78 is 103. The summed E-state index contributed by atoms with van der Waals surface area (Å²) in [5.41, 5.74) is 3.46. The van der Waals surface area contributed by atoms with Crippen LogP contribution in [0.5, 0.6) is 11.5 Å². The number of carbonyl (C=O) groups is 1. The van der Waals surface area contributed by atoms with E-state index in [4.69, 9.17) is 18.9 Å². The molecule has 0 aromatic heterocycles. The molecule has 0 N–H and O–H groups in total. The highest BCUT2D eigenvalue weighted by atomic mass is 19.4. The Bertz CT molecular complexity index is 1120. The topological polar surface area (TPSA) is 66.5 Å². The number of hydrogen-bond donors (Lipinski definition) is 0. The van der Waals surface area contributed by atoms with E-state index < -0.39 is 30.3 Å². The fourth-order valence-corrected chi connectivity index (χ4v) is 5.10. The zero-order chi connectivity index (χ0) is 27.8. The van der Waals surface area contributed by atoms with Gasteiger partial charge in [0.15, 0.2) is 13.6 Å². The number of halogens is 6. The Morgan fingerprint density at radius 2 is 1.31 bits per heavy atom. The van der Waals surface area contributed by atoms with Crippen molar-refractivity contribution in [3.8, 4) is 11.5 Å². The van der Waals surface area contributed by atoms with Crippen molar-refractivity contribution in [2.75, 3.05) is 26.7 Å². The van der Waals surface area contributed by atoms with Crippen LogP contribution in [0.3, 0.4) is 0 Å². The number of rotatable bonds is 5. The monoisotopic (exact) mass is 561 g/mol. The Labute approximate surface area is 219 Å². The van der Waals surface area contributed by atoms with Gasteiger partial charge in [0.1, 0.15) is 11.5 Å². The van der Waals surface area contributed by atoms with Crippen molar-refractivity contribution in [2.45, 2.75) is 50.6 Å². The highest BCUT2D eigenvalue weighted by Gasteiger charge is 2.60. The molecule has 0 atom stereocenters. The van der Waals surface area contributed by atoms with Crippen LogP contribution >= 0.6 is 0 Å². The van der Waals surface area contributed by atoms with Crippen LogP contribution in [0.1, 0.15) is 41.1 Å². The van der Waals surface area contributed by atoms with Crippen LogP contribution in [0.25, 0.3) is 0 Å². The Hall–Kier alpha value is -3.03.